The van der Waals surface area contributed by atoms with Gasteiger partial charge in [-0.2, -0.15) is 11.8 Å². The lowest BCUT2D eigenvalue weighted by molar-refractivity contribution is -0.162. The molecule has 2 aliphatic heterocycles. The molecule has 4 nitrogen and oxygen atoms in total. The minimum absolute atomic E-state index is 0.147. The predicted octanol–water partition coefficient (Wildman–Crippen LogP) is 1.74. The zero-order valence-electron chi connectivity index (χ0n) is 11.9. The largest absolute Gasteiger partial charge is 0.329 e. The average molecular weight is 284 g/mol. The molecule has 108 valence electrons. The third kappa shape index (κ3) is 3.07. The Hall–Kier alpha value is -0.710. The van der Waals surface area contributed by atoms with Gasteiger partial charge in [0.15, 0.2) is 0 Å². The Morgan fingerprint density at radius 2 is 2.00 bits per heavy atom. The maximum absolute atomic E-state index is 12.5. The minimum atomic E-state index is -0.267. The van der Waals surface area contributed by atoms with Gasteiger partial charge in [-0.05, 0) is 51.0 Å². The van der Waals surface area contributed by atoms with Crippen LogP contribution < -0.4 is 0 Å². The van der Waals surface area contributed by atoms with Crippen LogP contribution in [0.4, 0.5) is 0 Å². The third-order valence-electron chi connectivity index (χ3n) is 4.18. The van der Waals surface area contributed by atoms with Crippen LogP contribution in [0.3, 0.4) is 0 Å². The van der Waals surface area contributed by atoms with E-state index in [0.29, 0.717) is 0 Å². The second kappa shape index (κ2) is 6.64. The van der Waals surface area contributed by atoms with Crippen LogP contribution in [0.5, 0.6) is 0 Å². The molecular formula is C14H24N2O2S. The van der Waals surface area contributed by atoms with Crippen molar-refractivity contribution in [1.82, 2.24) is 9.80 Å². The summed E-state index contributed by atoms with van der Waals surface area (Å²) in [5.74, 6) is 1.45. The number of piperazine rings is 1. The summed E-state index contributed by atoms with van der Waals surface area (Å²) in [5.41, 5.74) is 0. The van der Waals surface area contributed by atoms with Crippen molar-refractivity contribution in [3.05, 3.63) is 0 Å². The Balaban J connectivity index is 1.98. The normalized spacial score (nSPS) is 27.7. The average Bonchev–Trinajstić information content (AvgIpc) is 2.44. The maximum atomic E-state index is 12.5. The van der Waals surface area contributed by atoms with Crippen molar-refractivity contribution in [3.63, 3.8) is 0 Å². The van der Waals surface area contributed by atoms with Gasteiger partial charge in [0.25, 0.3) is 0 Å². The number of rotatable bonds is 5. The molecule has 2 saturated heterocycles. The molecule has 2 amide bonds. The number of hydrogen-bond donors (Lipinski definition) is 0. The first-order valence-electron chi connectivity index (χ1n) is 7.26. The van der Waals surface area contributed by atoms with Gasteiger partial charge in [-0.1, -0.05) is 0 Å². The van der Waals surface area contributed by atoms with Crippen LogP contribution in [0.1, 0.15) is 39.0 Å². The molecule has 0 aromatic carbocycles. The molecule has 2 aliphatic rings. The summed E-state index contributed by atoms with van der Waals surface area (Å²) in [7, 11) is 0. The van der Waals surface area contributed by atoms with E-state index < -0.39 is 0 Å². The van der Waals surface area contributed by atoms with Crippen LogP contribution in [0.15, 0.2) is 0 Å². The minimum Gasteiger partial charge on any atom is -0.329 e. The van der Waals surface area contributed by atoms with Gasteiger partial charge < -0.3 is 9.80 Å². The van der Waals surface area contributed by atoms with Crippen LogP contribution >= 0.6 is 11.8 Å². The van der Waals surface area contributed by atoms with Crippen LogP contribution in [0, 0.1) is 0 Å². The van der Waals surface area contributed by atoms with Gasteiger partial charge in [0, 0.05) is 13.1 Å². The van der Waals surface area contributed by atoms with Gasteiger partial charge in [-0.15, -0.1) is 0 Å². The lowest BCUT2D eigenvalue weighted by Crippen LogP contribution is -2.65. The second-order valence-corrected chi connectivity index (χ2v) is 6.44. The highest BCUT2D eigenvalue weighted by molar-refractivity contribution is 7.98. The molecule has 2 unspecified atom stereocenters. The standard InChI is InChI=1S/C14H24N2O2S/c1-11-13(17)16-9-4-3-7-12(16)14(18)15(11)8-5-6-10-19-2/h11-12H,3-10H2,1-2H3. The summed E-state index contributed by atoms with van der Waals surface area (Å²) in [6.45, 7) is 3.37. The summed E-state index contributed by atoms with van der Waals surface area (Å²) in [6, 6.07) is -0.436. The van der Waals surface area contributed by atoms with E-state index in [-0.39, 0.29) is 23.9 Å². The van der Waals surface area contributed by atoms with E-state index in [2.05, 4.69) is 6.26 Å². The fourth-order valence-electron chi connectivity index (χ4n) is 3.04. The van der Waals surface area contributed by atoms with Gasteiger partial charge in [0.05, 0.1) is 0 Å². The SMILES string of the molecule is CSCCCCN1C(=O)C2CCCCN2C(=O)C1C. The predicted molar refractivity (Wildman–Crippen MR) is 78.1 cm³/mol. The highest BCUT2D eigenvalue weighted by Crippen LogP contribution is 2.26. The summed E-state index contributed by atoms with van der Waals surface area (Å²) >= 11 is 1.83. The fourth-order valence-corrected chi connectivity index (χ4v) is 3.53. The molecule has 0 aliphatic carbocycles. The quantitative estimate of drug-likeness (QED) is 0.722. The third-order valence-corrected chi connectivity index (χ3v) is 4.87. The van der Waals surface area contributed by atoms with Crippen molar-refractivity contribution in [2.75, 3.05) is 25.1 Å². The number of piperidine rings is 1. The van der Waals surface area contributed by atoms with E-state index in [9.17, 15) is 9.59 Å². The van der Waals surface area contributed by atoms with Gasteiger partial charge in [-0.25, -0.2) is 0 Å². The molecule has 2 rings (SSSR count). The zero-order valence-corrected chi connectivity index (χ0v) is 12.7. The highest BCUT2D eigenvalue weighted by atomic mass is 32.2. The Bertz CT molecular complexity index is 348. The number of amides is 2. The van der Waals surface area contributed by atoms with E-state index in [1.54, 1.807) is 0 Å². The molecule has 0 N–H and O–H groups in total. The first-order valence-corrected chi connectivity index (χ1v) is 8.66. The van der Waals surface area contributed by atoms with Crippen LogP contribution in [-0.4, -0.2) is 58.8 Å². The molecule has 0 radical (unpaired) electrons. The lowest BCUT2D eigenvalue weighted by atomic mass is 9.95. The molecule has 5 heteroatoms. The molecule has 0 spiro atoms. The van der Waals surface area contributed by atoms with E-state index in [0.717, 1.165) is 50.9 Å². The Morgan fingerprint density at radius 3 is 2.74 bits per heavy atom. The molecule has 2 heterocycles. The number of fused-ring (bicyclic) bond motifs is 1. The van der Waals surface area contributed by atoms with Gasteiger partial charge in [0.2, 0.25) is 11.8 Å². The van der Waals surface area contributed by atoms with Crippen LogP contribution in [0.2, 0.25) is 0 Å². The molecule has 2 fully saturated rings. The number of unbranched alkanes of at least 4 members (excludes halogenated alkanes) is 1. The molecule has 0 bridgehead atoms. The van der Waals surface area contributed by atoms with Crippen LogP contribution in [0.25, 0.3) is 0 Å². The van der Waals surface area contributed by atoms with Gasteiger partial charge in [-0.3, -0.25) is 9.59 Å². The summed E-state index contributed by atoms with van der Waals surface area (Å²) in [6.07, 6.45) is 7.15. The number of thioether (sulfide) groups is 1. The molecule has 0 aromatic rings. The number of nitrogens with zero attached hydrogens (tertiary/aromatic N) is 2. The lowest BCUT2D eigenvalue weighted by Gasteiger charge is -2.46. The summed E-state index contributed by atoms with van der Waals surface area (Å²) < 4.78 is 0. The fraction of sp³-hybridized carbons (Fsp3) is 0.857. The first kappa shape index (κ1) is 14.7. The number of carbonyl (C=O) groups excluding carboxylic acids is 2. The Labute approximate surface area is 119 Å². The first-order chi connectivity index (χ1) is 9.16. The smallest absolute Gasteiger partial charge is 0.246 e. The zero-order chi connectivity index (χ0) is 13.8. The topological polar surface area (TPSA) is 40.6 Å². The van der Waals surface area contributed by atoms with E-state index >= 15 is 0 Å². The Kier molecular flexibility index (Phi) is 5.13. The molecule has 2 atom stereocenters. The van der Waals surface area contributed by atoms with Crippen molar-refractivity contribution in [2.24, 2.45) is 0 Å². The second-order valence-electron chi connectivity index (χ2n) is 5.45. The van der Waals surface area contributed by atoms with Crippen molar-refractivity contribution in [3.8, 4) is 0 Å². The van der Waals surface area contributed by atoms with Crippen molar-refractivity contribution >= 4 is 23.6 Å². The number of hydrogen-bond acceptors (Lipinski definition) is 3. The Morgan fingerprint density at radius 1 is 1.21 bits per heavy atom. The van der Waals surface area contributed by atoms with E-state index in [1.165, 1.54) is 0 Å². The van der Waals surface area contributed by atoms with Crippen molar-refractivity contribution < 1.29 is 9.59 Å². The molecular weight excluding hydrogens is 260 g/mol. The monoisotopic (exact) mass is 284 g/mol. The van der Waals surface area contributed by atoms with E-state index in [4.69, 9.17) is 0 Å². The van der Waals surface area contributed by atoms with Crippen molar-refractivity contribution in [1.29, 1.82) is 0 Å². The highest BCUT2D eigenvalue weighted by Gasteiger charge is 2.44. The molecule has 0 aromatic heterocycles. The summed E-state index contributed by atoms with van der Waals surface area (Å²) in [5, 5.41) is 0. The molecule has 0 saturated carbocycles. The van der Waals surface area contributed by atoms with Crippen molar-refractivity contribution in [2.45, 2.75) is 51.1 Å². The van der Waals surface area contributed by atoms with Crippen LogP contribution in [-0.2, 0) is 9.59 Å². The molecule has 19 heavy (non-hydrogen) atoms. The van der Waals surface area contributed by atoms with Gasteiger partial charge in [0.1, 0.15) is 12.1 Å². The maximum Gasteiger partial charge on any atom is 0.246 e. The van der Waals surface area contributed by atoms with E-state index in [1.807, 2.05) is 28.5 Å². The summed E-state index contributed by atoms with van der Waals surface area (Å²) in [4.78, 5) is 28.5. The van der Waals surface area contributed by atoms with Gasteiger partial charge >= 0.3 is 0 Å². The number of carbonyl (C=O) groups is 2.